The largest absolute Gasteiger partial charge is 0.490 e. The van der Waals surface area contributed by atoms with Gasteiger partial charge in [-0.2, -0.15) is 0 Å². The van der Waals surface area contributed by atoms with Crippen molar-refractivity contribution in [3.63, 3.8) is 0 Å². The zero-order valence-corrected chi connectivity index (χ0v) is 14.8. The van der Waals surface area contributed by atoms with Gasteiger partial charge in [-0.25, -0.2) is 0 Å². The Morgan fingerprint density at radius 2 is 1.92 bits per heavy atom. The highest BCUT2D eigenvalue weighted by Gasteiger charge is 2.11. The Hall–Kier alpha value is -1.92. The summed E-state index contributed by atoms with van der Waals surface area (Å²) in [5.41, 5.74) is 0. The molecule has 1 atom stereocenters. The summed E-state index contributed by atoms with van der Waals surface area (Å²) in [5, 5.41) is 0.921. The van der Waals surface area contributed by atoms with Crippen LogP contribution >= 0.6 is 11.3 Å². The van der Waals surface area contributed by atoms with E-state index in [4.69, 9.17) is 14.2 Å². The Morgan fingerprint density at radius 3 is 2.71 bits per heavy atom. The molecule has 0 aliphatic rings. The van der Waals surface area contributed by atoms with E-state index in [2.05, 4.69) is 0 Å². The first kappa shape index (κ1) is 18.4. The molecular weight excluding hydrogens is 328 g/mol. The van der Waals surface area contributed by atoms with E-state index in [1.54, 1.807) is 0 Å². The molecule has 2 aromatic rings. The molecule has 0 radical (unpaired) electrons. The van der Waals surface area contributed by atoms with Crippen LogP contribution in [0.25, 0.3) is 10.1 Å². The lowest BCUT2D eigenvalue weighted by Gasteiger charge is -2.10. The van der Waals surface area contributed by atoms with Crippen LogP contribution < -0.4 is 9.48 Å². The predicted molar refractivity (Wildman–Crippen MR) is 94.8 cm³/mol. The highest BCUT2D eigenvalue weighted by molar-refractivity contribution is 7.16. The van der Waals surface area contributed by atoms with Gasteiger partial charge in [-0.3, -0.25) is 9.59 Å². The zero-order chi connectivity index (χ0) is 17.4. The quantitative estimate of drug-likeness (QED) is 0.513. The number of esters is 1. The maximum Gasteiger partial charge on any atom is 0.308 e. The average molecular weight is 350 g/mol. The molecule has 0 saturated carbocycles. The summed E-state index contributed by atoms with van der Waals surface area (Å²) in [6.07, 6.45) is 0.765. The summed E-state index contributed by atoms with van der Waals surface area (Å²) in [7, 11) is 0. The normalized spacial score (nSPS) is 12.1. The van der Waals surface area contributed by atoms with Crippen molar-refractivity contribution in [2.24, 2.45) is 5.92 Å². The van der Waals surface area contributed by atoms with E-state index in [9.17, 15) is 9.59 Å². The fourth-order valence-electron chi connectivity index (χ4n) is 2.02. The third kappa shape index (κ3) is 5.32. The number of hydrogen-bond acceptors (Lipinski definition) is 6. The lowest BCUT2D eigenvalue weighted by Crippen LogP contribution is -2.18. The zero-order valence-electron chi connectivity index (χ0n) is 13.9. The van der Waals surface area contributed by atoms with Crippen molar-refractivity contribution >= 4 is 27.4 Å². The molecule has 6 heteroatoms. The standard InChI is InChI=1S/C18H22O5S/c1-3-13(2)18(20)23-11-9-21-8-10-22-15-12-17(19)24-16-7-5-4-6-14(15)16/h4-7,12-13H,3,8-11H2,1-2H3. The minimum atomic E-state index is -0.197. The molecule has 1 heterocycles. The predicted octanol–water partition coefficient (Wildman–Crippen LogP) is 3.25. The van der Waals surface area contributed by atoms with Crippen LogP contribution in [-0.4, -0.2) is 32.4 Å². The summed E-state index contributed by atoms with van der Waals surface area (Å²) in [4.78, 5) is 23.2. The summed E-state index contributed by atoms with van der Waals surface area (Å²) < 4.78 is 17.0. The lowest BCUT2D eigenvalue weighted by atomic mass is 10.1. The molecule has 0 aliphatic carbocycles. The molecule has 130 valence electrons. The summed E-state index contributed by atoms with van der Waals surface area (Å²) in [5.74, 6) is 0.292. The molecule has 0 spiro atoms. The van der Waals surface area contributed by atoms with Crippen molar-refractivity contribution in [2.75, 3.05) is 26.4 Å². The van der Waals surface area contributed by atoms with Crippen LogP contribution in [0.3, 0.4) is 0 Å². The van der Waals surface area contributed by atoms with E-state index in [0.717, 1.165) is 16.5 Å². The smallest absolute Gasteiger partial charge is 0.308 e. The van der Waals surface area contributed by atoms with Crippen LogP contribution in [0.1, 0.15) is 20.3 Å². The van der Waals surface area contributed by atoms with Gasteiger partial charge in [-0.15, -0.1) is 0 Å². The molecule has 0 saturated heterocycles. The highest BCUT2D eigenvalue weighted by atomic mass is 32.1. The van der Waals surface area contributed by atoms with Gasteiger partial charge in [-0.05, 0) is 18.6 Å². The Kier molecular flexibility index (Phi) is 7.21. The molecule has 1 aromatic heterocycles. The van der Waals surface area contributed by atoms with Crippen LogP contribution in [0, 0.1) is 5.92 Å². The number of fused-ring (bicyclic) bond motifs is 1. The second kappa shape index (κ2) is 9.39. The molecule has 5 nitrogen and oxygen atoms in total. The number of hydrogen-bond donors (Lipinski definition) is 0. The van der Waals surface area contributed by atoms with Crippen molar-refractivity contribution in [3.05, 3.63) is 39.9 Å². The van der Waals surface area contributed by atoms with Crippen LogP contribution in [0.15, 0.2) is 35.1 Å². The minimum absolute atomic E-state index is 0.0402. The maximum atomic E-state index is 11.7. The highest BCUT2D eigenvalue weighted by Crippen LogP contribution is 2.25. The molecule has 2 rings (SSSR count). The first-order valence-electron chi connectivity index (χ1n) is 8.02. The lowest BCUT2D eigenvalue weighted by molar-refractivity contribution is -0.149. The monoisotopic (exact) mass is 350 g/mol. The van der Waals surface area contributed by atoms with Gasteiger partial charge < -0.3 is 14.2 Å². The molecule has 0 bridgehead atoms. The Labute approximate surface area is 145 Å². The van der Waals surface area contributed by atoms with E-state index in [0.29, 0.717) is 25.6 Å². The van der Waals surface area contributed by atoms with E-state index in [1.165, 1.54) is 17.4 Å². The summed E-state index contributed by atoms with van der Waals surface area (Å²) in [6.45, 7) is 5.05. The fraction of sp³-hybridized carbons (Fsp3) is 0.444. The second-order valence-corrected chi connectivity index (χ2v) is 6.41. The van der Waals surface area contributed by atoms with Crippen LogP contribution in [0.2, 0.25) is 0 Å². The number of benzene rings is 1. The fourth-order valence-corrected chi connectivity index (χ4v) is 2.83. The molecule has 24 heavy (non-hydrogen) atoms. The van der Waals surface area contributed by atoms with E-state index < -0.39 is 0 Å². The van der Waals surface area contributed by atoms with Gasteiger partial charge in [0.25, 0.3) is 0 Å². The molecule has 0 aliphatic heterocycles. The van der Waals surface area contributed by atoms with Crippen molar-refractivity contribution in [3.8, 4) is 5.75 Å². The van der Waals surface area contributed by atoms with Gasteiger partial charge in [0.2, 0.25) is 4.74 Å². The molecule has 0 fully saturated rings. The SMILES string of the molecule is CCC(C)C(=O)OCCOCCOc1cc(=O)sc2ccccc12. The second-order valence-electron chi connectivity index (χ2n) is 5.36. The molecule has 0 amide bonds. The number of rotatable bonds is 9. The third-order valence-electron chi connectivity index (χ3n) is 3.58. The van der Waals surface area contributed by atoms with Crippen molar-refractivity contribution in [1.82, 2.24) is 0 Å². The topological polar surface area (TPSA) is 61.8 Å². The first-order valence-corrected chi connectivity index (χ1v) is 8.83. The number of carbonyl (C=O) groups excluding carboxylic acids is 1. The van der Waals surface area contributed by atoms with Gasteiger partial charge in [0.05, 0.1) is 19.1 Å². The molecule has 1 unspecified atom stereocenters. The molecule has 0 N–H and O–H groups in total. The first-order chi connectivity index (χ1) is 11.6. The van der Waals surface area contributed by atoms with Crippen molar-refractivity contribution in [2.45, 2.75) is 20.3 Å². The minimum Gasteiger partial charge on any atom is -0.490 e. The summed E-state index contributed by atoms with van der Waals surface area (Å²) >= 11 is 1.20. The van der Waals surface area contributed by atoms with E-state index in [-0.39, 0.29) is 23.2 Å². The Morgan fingerprint density at radius 1 is 1.17 bits per heavy atom. The average Bonchev–Trinajstić information content (AvgIpc) is 2.59. The van der Waals surface area contributed by atoms with Crippen LogP contribution in [-0.2, 0) is 14.3 Å². The maximum absolute atomic E-state index is 11.7. The summed E-state index contributed by atoms with van der Waals surface area (Å²) in [6, 6.07) is 9.13. The van der Waals surface area contributed by atoms with Gasteiger partial charge in [0, 0.05) is 16.2 Å². The number of ether oxygens (including phenoxy) is 3. The van der Waals surface area contributed by atoms with Crippen LogP contribution in [0.5, 0.6) is 5.75 Å². The van der Waals surface area contributed by atoms with Gasteiger partial charge >= 0.3 is 5.97 Å². The molecule has 1 aromatic carbocycles. The van der Waals surface area contributed by atoms with Crippen LogP contribution in [0.4, 0.5) is 0 Å². The van der Waals surface area contributed by atoms with Gasteiger partial charge in [-0.1, -0.05) is 37.3 Å². The Balaban J connectivity index is 1.72. The van der Waals surface area contributed by atoms with E-state index in [1.807, 2.05) is 38.1 Å². The van der Waals surface area contributed by atoms with Gasteiger partial charge in [0.1, 0.15) is 19.0 Å². The van der Waals surface area contributed by atoms with Crippen molar-refractivity contribution < 1.29 is 19.0 Å². The third-order valence-corrected chi connectivity index (χ3v) is 4.48. The Bertz CT molecular complexity index is 725. The number of carbonyl (C=O) groups is 1. The van der Waals surface area contributed by atoms with Crippen molar-refractivity contribution in [1.29, 1.82) is 0 Å². The van der Waals surface area contributed by atoms with E-state index >= 15 is 0 Å². The van der Waals surface area contributed by atoms with Gasteiger partial charge in [0.15, 0.2) is 0 Å². The molecular formula is C18H22O5S.